The van der Waals surface area contributed by atoms with Gasteiger partial charge in [0.25, 0.3) is 0 Å². The fourth-order valence-corrected chi connectivity index (χ4v) is 2.21. The summed E-state index contributed by atoms with van der Waals surface area (Å²) in [5, 5.41) is 0. The van der Waals surface area contributed by atoms with E-state index < -0.39 is 6.39 Å². The molecule has 1 saturated heterocycles. The summed E-state index contributed by atoms with van der Waals surface area (Å²) in [6.45, 7) is 11.4. The zero-order chi connectivity index (χ0) is 14.2. The van der Waals surface area contributed by atoms with Gasteiger partial charge in [-0.3, -0.25) is 11.5 Å². The van der Waals surface area contributed by atoms with Crippen molar-refractivity contribution in [1.82, 2.24) is 0 Å². The summed E-state index contributed by atoms with van der Waals surface area (Å²) in [4.78, 5) is 0. The molecule has 0 aliphatic carbocycles. The van der Waals surface area contributed by atoms with E-state index in [1.165, 1.54) is 43.4 Å². The van der Waals surface area contributed by atoms with Crippen molar-refractivity contribution >= 4 is 17.9 Å². The van der Waals surface area contributed by atoms with E-state index in [2.05, 4.69) is 32.2 Å². The van der Waals surface area contributed by atoms with Gasteiger partial charge in [0.1, 0.15) is 0 Å². The number of ether oxygens (including phenoxy) is 1. The molecule has 7 heteroatoms. The standard InChI is InChI=1S/C11H24NO.BClF3/c1-4-7-12(8-5-6-9-12)10-13-11(2)3;2-1(3,4)5/h11H,4-10H2,1-3H3;/q+1;-1. The van der Waals surface area contributed by atoms with Crippen LogP contribution in [0.15, 0.2) is 0 Å². The van der Waals surface area contributed by atoms with E-state index in [0.717, 1.165) is 6.73 Å². The molecular formula is C11H24BClF3NO. The van der Waals surface area contributed by atoms with Crippen LogP contribution in [-0.4, -0.2) is 43.3 Å². The molecule has 0 amide bonds. The second-order valence-electron chi connectivity index (χ2n) is 5.06. The molecule has 18 heavy (non-hydrogen) atoms. The third-order valence-corrected chi connectivity index (χ3v) is 2.89. The van der Waals surface area contributed by atoms with Gasteiger partial charge < -0.3 is 22.2 Å². The summed E-state index contributed by atoms with van der Waals surface area (Å²) >= 11 is 3.59. The fraction of sp³-hybridized carbons (Fsp3) is 1.00. The molecule has 110 valence electrons. The highest BCUT2D eigenvalue weighted by Crippen LogP contribution is 2.20. The third-order valence-electron chi connectivity index (χ3n) is 2.89. The van der Waals surface area contributed by atoms with Gasteiger partial charge in [0.15, 0.2) is 6.73 Å². The monoisotopic (exact) mass is 289 g/mol. The minimum atomic E-state index is -5.03. The molecule has 0 spiro atoms. The molecule has 0 aromatic carbocycles. The van der Waals surface area contributed by atoms with Crippen LogP contribution in [0.5, 0.6) is 0 Å². The molecule has 0 bridgehead atoms. The summed E-state index contributed by atoms with van der Waals surface area (Å²) in [7, 11) is 0. The maximum atomic E-state index is 10.2. The van der Waals surface area contributed by atoms with E-state index in [-0.39, 0.29) is 0 Å². The maximum Gasteiger partial charge on any atom is 0.576 e. The second-order valence-corrected chi connectivity index (χ2v) is 5.55. The Kier molecular flexibility index (Phi) is 8.31. The first-order valence-electron chi connectivity index (χ1n) is 6.52. The Morgan fingerprint density at radius 2 is 1.67 bits per heavy atom. The molecule has 0 aromatic rings. The molecule has 0 saturated carbocycles. The van der Waals surface area contributed by atoms with E-state index in [1.54, 1.807) is 0 Å². The summed E-state index contributed by atoms with van der Waals surface area (Å²) in [5.41, 5.74) is 0. The number of quaternary nitrogens is 1. The van der Waals surface area contributed by atoms with Crippen LogP contribution in [0, 0.1) is 0 Å². The molecule has 0 unspecified atom stereocenters. The molecular weight excluding hydrogens is 265 g/mol. The van der Waals surface area contributed by atoms with Gasteiger partial charge in [-0.25, -0.2) is 0 Å². The summed E-state index contributed by atoms with van der Waals surface area (Å²) in [6, 6.07) is 0. The minimum Gasteiger partial charge on any atom is -0.435 e. The highest BCUT2D eigenvalue weighted by Gasteiger charge is 2.31. The predicted octanol–water partition coefficient (Wildman–Crippen LogP) is 3.96. The number of hydrogen-bond donors (Lipinski definition) is 0. The lowest BCUT2D eigenvalue weighted by Crippen LogP contribution is -2.48. The Morgan fingerprint density at radius 3 is 2.00 bits per heavy atom. The largest absolute Gasteiger partial charge is 0.576 e. The van der Waals surface area contributed by atoms with Crippen LogP contribution < -0.4 is 0 Å². The number of nitrogens with zero attached hydrogens (tertiary/aromatic N) is 1. The van der Waals surface area contributed by atoms with E-state index in [0.29, 0.717) is 6.10 Å². The molecule has 0 aromatic heterocycles. The average Bonchev–Trinajstić information content (AvgIpc) is 2.62. The van der Waals surface area contributed by atoms with Gasteiger partial charge in [-0.1, -0.05) is 6.92 Å². The van der Waals surface area contributed by atoms with Crippen LogP contribution in [0.25, 0.3) is 0 Å². The SMILES string of the molecule is CCC[N+]1(COC(C)C)CCCC1.F[B-](F)(F)Cl. The summed E-state index contributed by atoms with van der Waals surface area (Å²) in [6.07, 6.45) is -0.586. The zero-order valence-electron chi connectivity index (χ0n) is 11.5. The Labute approximate surface area is 113 Å². The maximum absolute atomic E-state index is 10.2. The first-order valence-corrected chi connectivity index (χ1v) is 6.96. The first kappa shape index (κ1) is 18.1. The van der Waals surface area contributed by atoms with Crippen molar-refractivity contribution in [2.75, 3.05) is 26.4 Å². The van der Waals surface area contributed by atoms with Crippen LogP contribution in [-0.2, 0) is 4.74 Å². The van der Waals surface area contributed by atoms with Crippen molar-refractivity contribution < 1.29 is 22.2 Å². The van der Waals surface area contributed by atoms with Gasteiger partial charge in [0.05, 0.1) is 25.7 Å². The van der Waals surface area contributed by atoms with Crippen LogP contribution >= 0.6 is 11.5 Å². The highest BCUT2D eigenvalue weighted by atomic mass is 35.5. The van der Waals surface area contributed by atoms with Crippen molar-refractivity contribution in [2.45, 2.75) is 46.1 Å². The molecule has 0 atom stereocenters. The van der Waals surface area contributed by atoms with Crippen molar-refractivity contribution in [3.05, 3.63) is 0 Å². The van der Waals surface area contributed by atoms with Crippen LogP contribution in [0.3, 0.4) is 0 Å². The van der Waals surface area contributed by atoms with Crippen LogP contribution in [0.2, 0.25) is 0 Å². The molecule has 0 radical (unpaired) electrons. The van der Waals surface area contributed by atoms with Gasteiger partial charge in [0, 0.05) is 12.8 Å². The minimum absolute atomic E-state index is 0.382. The van der Waals surface area contributed by atoms with Crippen molar-refractivity contribution in [3.63, 3.8) is 0 Å². The van der Waals surface area contributed by atoms with Crippen molar-refractivity contribution in [1.29, 1.82) is 0 Å². The number of hydrogen-bond acceptors (Lipinski definition) is 1. The lowest BCUT2D eigenvalue weighted by molar-refractivity contribution is -0.935. The molecule has 1 fully saturated rings. The van der Waals surface area contributed by atoms with Crippen molar-refractivity contribution in [3.8, 4) is 0 Å². The molecule has 1 aliphatic rings. The van der Waals surface area contributed by atoms with E-state index in [1.807, 2.05) is 0 Å². The molecule has 1 aliphatic heterocycles. The van der Waals surface area contributed by atoms with Gasteiger partial charge in [-0.2, -0.15) is 0 Å². The van der Waals surface area contributed by atoms with Gasteiger partial charge in [-0.05, 0) is 20.3 Å². The van der Waals surface area contributed by atoms with Gasteiger partial charge in [-0.15, -0.1) is 0 Å². The normalized spacial score (nSPS) is 18.7. The van der Waals surface area contributed by atoms with Crippen LogP contribution in [0.1, 0.15) is 40.0 Å². The first-order chi connectivity index (χ1) is 8.18. The quantitative estimate of drug-likeness (QED) is 0.550. The fourth-order valence-electron chi connectivity index (χ4n) is 2.21. The summed E-state index contributed by atoms with van der Waals surface area (Å²) in [5.74, 6) is 0. The smallest absolute Gasteiger partial charge is 0.435 e. The third kappa shape index (κ3) is 10.0. The number of rotatable bonds is 5. The Bertz CT molecular complexity index is 215. The Hall–Kier alpha value is 0.0649. The topological polar surface area (TPSA) is 9.23 Å². The molecule has 1 rings (SSSR count). The van der Waals surface area contributed by atoms with Gasteiger partial charge >= 0.3 is 6.39 Å². The number of halogens is 4. The highest BCUT2D eigenvalue weighted by molar-refractivity contribution is 7.08. The number of likely N-dealkylation sites (tertiary alicyclic amines) is 1. The lowest BCUT2D eigenvalue weighted by atomic mass is 10.3. The second kappa shape index (κ2) is 8.28. The van der Waals surface area contributed by atoms with Gasteiger partial charge in [0.2, 0.25) is 0 Å². The average molecular weight is 290 g/mol. The van der Waals surface area contributed by atoms with Crippen LogP contribution in [0.4, 0.5) is 12.9 Å². The molecule has 1 heterocycles. The zero-order valence-corrected chi connectivity index (χ0v) is 12.2. The molecule has 2 nitrogen and oxygen atoms in total. The summed E-state index contributed by atoms with van der Waals surface area (Å²) < 4.78 is 37.5. The Morgan fingerprint density at radius 1 is 1.22 bits per heavy atom. The van der Waals surface area contributed by atoms with E-state index >= 15 is 0 Å². The Balaban J connectivity index is 0.000000494. The molecule has 0 N–H and O–H groups in total. The predicted molar refractivity (Wildman–Crippen MR) is 70.4 cm³/mol. The lowest BCUT2D eigenvalue weighted by Gasteiger charge is -2.34. The van der Waals surface area contributed by atoms with Crippen molar-refractivity contribution in [2.24, 2.45) is 0 Å². The van der Waals surface area contributed by atoms with E-state index in [9.17, 15) is 12.9 Å². The van der Waals surface area contributed by atoms with E-state index in [4.69, 9.17) is 4.74 Å².